The van der Waals surface area contributed by atoms with Crippen LogP contribution in [0.3, 0.4) is 0 Å². The van der Waals surface area contributed by atoms with Crippen LogP contribution < -0.4 is 5.32 Å². The van der Waals surface area contributed by atoms with Gasteiger partial charge in [0.05, 0.1) is 0 Å². The van der Waals surface area contributed by atoms with Crippen molar-refractivity contribution in [2.24, 2.45) is 11.8 Å². The molecule has 1 aliphatic carbocycles. The van der Waals surface area contributed by atoms with Gasteiger partial charge >= 0.3 is 0 Å². The summed E-state index contributed by atoms with van der Waals surface area (Å²) in [5, 5.41) is 3.66. The van der Waals surface area contributed by atoms with Crippen LogP contribution in [0.15, 0.2) is 0 Å². The van der Waals surface area contributed by atoms with Crippen molar-refractivity contribution in [1.29, 1.82) is 0 Å². The van der Waals surface area contributed by atoms with Crippen LogP contribution in [0, 0.1) is 11.8 Å². The SMILES string of the molecule is CC(C)CCNC1CCCC1C. The highest BCUT2D eigenvalue weighted by Gasteiger charge is 2.21. The van der Waals surface area contributed by atoms with Gasteiger partial charge in [-0.25, -0.2) is 0 Å². The molecule has 0 amide bonds. The molecule has 1 fully saturated rings. The van der Waals surface area contributed by atoms with Crippen LogP contribution in [0.2, 0.25) is 0 Å². The molecular formula is C11H23N. The maximum atomic E-state index is 3.66. The highest BCUT2D eigenvalue weighted by atomic mass is 14.9. The Morgan fingerprint density at radius 1 is 1.33 bits per heavy atom. The van der Waals surface area contributed by atoms with Gasteiger partial charge in [0.15, 0.2) is 0 Å². The zero-order chi connectivity index (χ0) is 8.97. The summed E-state index contributed by atoms with van der Waals surface area (Å²) in [4.78, 5) is 0. The standard InChI is InChI=1S/C11H23N/c1-9(2)7-8-12-11-6-4-5-10(11)3/h9-12H,4-8H2,1-3H3. The average Bonchev–Trinajstić information content (AvgIpc) is 2.36. The minimum absolute atomic E-state index is 0.823. The molecular weight excluding hydrogens is 146 g/mol. The van der Waals surface area contributed by atoms with Gasteiger partial charge in [-0.1, -0.05) is 27.2 Å². The van der Waals surface area contributed by atoms with Gasteiger partial charge in [0.1, 0.15) is 0 Å². The molecule has 0 spiro atoms. The Bertz CT molecular complexity index is 120. The van der Waals surface area contributed by atoms with E-state index in [9.17, 15) is 0 Å². The lowest BCUT2D eigenvalue weighted by atomic mass is 10.1. The van der Waals surface area contributed by atoms with E-state index in [1.807, 2.05) is 0 Å². The Kier molecular flexibility index (Phi) is 4.07. The Hall–Kier alpha value is -0.0400. The molecule has 0 aromatic rings. The first kappa shape index (κ1) is 10.0. The first-order valence-corrected chi connectivity index (χ1v) is 5.43. The molecule has 0 heterocycles. The van der Waals surface area contributed by atoms with Gasteiger partial charge in [0, 0.05) is 6.04 Å². The van der Waals surface area contributed by atoms with Crippen molar-refractivity contribution in [3.63, 3.8) is 0 Å². The van der Waals surface area contributed by atoms with Crippen LogP contribution in [0.25, 0.3) is 0 Å². The summed E-state index contributed by atoms with van der Waals surface area (Å²) in [7, 11) is 0. The summed E-state index contributed by atoms with van der Waals surface area (Å²) in [5.41, 5.74) is 0. The topological polar surface area (TPSA) is 12.0 Å². The molecule has 1 rings (SSSR count). The molecule has 0 aromatic heterocycles. The molecule has 1 N–H and O–H groups in total. The lowest BCUT2D eigenvalue weighted by Crippen LogP contribution is -2.32. The van der Waals surface area contributed by atoms with Crippen molar-refractivity contribution in [2.45, 2.75) is 52.5 Å². The van der Waals surface area contributed by atoms with E-state index < -0.39 is 0 Å². The summed E-state index contributed by atoms with van der Waals surface area (Å²) in [5.74, 6) is 1.76. The first-order chi connectivity index (χ1) is 5.70. The molecule has 1 saturated carbocycles. The second-order valence-corrected chi connectivity index (χ2v) is 4.65. The molecule has 2 atom stereocenters. The van der Waals surface area contributed by atoms with Gasteiger partial charge in [-0.15, -0.1) is 0 Å². The van der Waals surface area contributed by atoms with Crippen molar-refractivity contribution in [2.75, 3.05) is 6.54 Å². The number of hydrogen-bond donors (Lipinski definition) is 1. The highest BCUT2D eigenvalue weighted by Crippen LogP contribution is 2.24. The molecule has 1 heteroatoms. The summed E-state index contributed by atoms with van der Waals surface area (Å²) in [6.07, 6.45) is 5.59. The average molecular weight is 169 g/mol. The number of hydrogen-bond acceptors (Lipinski definition) is 1. The van der Waals surface area contributed by atoms with Crippen LogP contribution in [-0.4, -0.2) is 12.6 Å². The summed E-state index contributed by atoms with van der Waals surface area (Å²) in [6, 6.07) is 0.823. The predicted molar refractivity (Wildman–Crippen MR) is 54.3 cm³/mol. The second-order valence-electron chi connectivity index (χ2n) is 4.65. The summed E-state index contributed by atoms with van der Waals surface area (Å²) in [6.45, 7) is 8.17. The molecule has 1 nitrogen and oxygen atoms in total. The van der Waals surface area contributed by atoms with E-state index in [1.54, 1.807) is 0 Å². The van der Waals surface area contributed by atoms with E-state index in [2.05, 4.69) is 26.1 Å². The third-order valence-electron chi connectivity index (χ3n) is 2.99. The fourth-order valence-corrected chi connectivity index (χ4v) is 2.01. The van der Waals surface area contributed by atoms with Gasteiger partial charge in [-0.3, -0.25) is 0 Å². The summed E-state index contributed by atoms with van der Waals surface area (Å²) >= 11 is 0. The molecule has 0 bridgehead atoms. The molecule has 1 aliphatic rings. The largest absolute Gasteiger partial charge is 0.314 e. The van der Waals surface area contributed by atoms with Gasteiger partial charge in [-0.05, 0) is 37.6 Å². The van der Waals surface area contributed by atoms with Crippen LogP contribution in [-0.2, 0) is 0 Å². The fourth-order valence-electron chi connectivity index (χ4n) is 2.01. The second kappa shape index (κ2) is 4.86. The third-order valence-corrected chi connectivity index (χ3v) is 2.99. The first-order valence-electron chi connectivity index (χ1n) is 5.43. The molecule has 0 saturated heterocycles. The quantitative estimate of drug-likeness (QED) is 0.682. The minimum atomic E-state index is 0.823. The third kappa shape index (κ3) is 3.14. The lowest BCUT2D eigenvalue weighted by molar-refractivity contribution is 0.408. The van der Waals surface area contributed by atoms with E-state index in [0.717, 1.165) is 17.9 Å². The van der Waals surface area contributed by atoms with Crippen molar-refractivity contribution in [3.8, 4) is 0 Å². The monoisotopic (exact) mass is 169 g/mol. The molecule has 2 unspecified atom stereocenters. The van der Waals surface area contributed by atoms with Crippen LogP contribution >= 0.6 is 0 Å². The normalized spacial score (nSPS) is 30.0. The molecule has 0 radical (unpaired) electrons. The highest BCUT2D eigenvalue weighted by molar-refractivity contribution is 4.79. The van der Waals surface area contributed by atoms with Gasteiger partial charge in [0.25, 0.3) is 0 Å². The zero-order valence-corrected chi connectivity index (χ0v) is 8.77. The van der Waals surface area contributed by atoms with E-state index in [4.69, 9.17) is 0 Å². The molecule has 72 valence electrons. The molecule has 0 aromatic carbocycles. The van der Waals surface area contributed by atoms with Crippen molar-refractivity contribution < 1.29 is 0 Å². The smallest absolute Gasteiger partial charge is 0.00926 e. The van der Waals surface area contributed by atoms with E-state index >= 15 is 0 Å². The van der Waals surface area contributed by atoms with Crippen LogP contribution in [0.4, 0.5) is 0 Å². The van der Waals surface area contributed by atoms with Crippen molar-refractivity contribution in [1.82, 2.24) is 5.32 Å². The molecule has 12 heavy (non-hydrogen) atoms. The van der Waals surface area contributed by atoms with Crippen molar-refractivity contribution >= 4 is 0 Å². The zero-order valence-electron chi connectivity index (χ0n) is 8.77. The number of nitrogens with one attached hydrogen (secondary N) is 1. The lowest BCUT2D eigenvalue weighted by Gasteiger charge is -2.17. The Morgan fingerprint density at radius 3 is 2.58 bits per heavy atom. The van der Waals surface area contributed by atoms with Crippen molar-refractivity contribution in [3.05, 3.63) is 0 Å². The van der Waals surface area contributed by atoms with Crippen LogP contribution in [0.5, 0.6) is 0 Å². The van der Waals surface area contributed by atoms with Gasteiger partial charge in [0.2, 0.25) is 0 Å². The fraction of sp³-hybridized carbons (Fsp3) is 1.00. The predicted octanol–water partition coefficient (Wildman–Crippen LogP) is 2.81. The molecule has 0 aliphatic heterocycles. The Labute approximate surface area is 76.9 Å². The summed E-state index contributed by atoms with van der Waals surface area (Å²) < 4.78 is 0. The maximum absolute atomic E-state index is 3.66. The Morgan fingerprint density at radius 2 is 2.08 bits per heavy atom. The number of rotatable bonds is 4. The minimum Gasteiger partial charge on any atom is -0.314 e. The van der Waals surface area contributed by atoms with Crippen LogP contribution in [0.1, 0.15) is 46.5 Å². The van der Waals surface area contributed by atoms with E-state index in [1.165, 1.54) is 32.2 Å². The van der Waals surface area contributed by atoms with E-state index in [-0.39, 0.29) is 0 Å². The Balaban J connectivity index is 2.06. The van der Waals surface area contributed by atoms with Gasteiger partial charge < -0.3 is 5.32 Å². The maximum Gasteiger partial charge on any atom is 0.00926 e. The van der Waals surface area contributed by atoms with Gasteiger partial charge in [-0.2, -0.15) is 0 Å². The van der Waals surface area contributed by atoms with E-state index in [0.29, 0.717) is 0 Å².